The Hall–Kier alpha value is -2.99. The zero-order valence-electron chi connectivity index (χ0n) is 13.8. The fourth-order valence-corrected chi connectivity index (χ4v) is 2.72. The predicted octanol–water partition coefficient (Wildman–Crippen LogP) is 5.32. The SMILES string of the molecule is C=CCn1c(O)c(N=NC(=S)Nc2ccc(C)cc2)c2ccccc21. The van der Waals surface area contributed by atoms with Gasteiger partial charge in [-0.25, -0.2) is 0 Å². The molecule has 5 nitrogen and oxygen atoms in total. The van der Waals surface area contributed by atoms with Gasteiger partial charge in [-0.3, -0.25) is 0 Å². The summed E-state index contributed by atoms with van der Waals surface area (Å²) >= 11 is 5.22. The molecule has 126 valence electrons. The van der Waals surface area contributed by atoms with E-state index in [2.05, 4.69) is 22.1 Å². The summed E-state index contributed by atoms with van der Waals surface area (Å²) in [6, 6.07) is 15.4. The highest BCUT2D eigenvalue weighted by molar-refractivity contribution is 7.80. The van der Waals surface area contributed by atoms with Crippen molar-refractivity contribution >= 4 is 39.6 Å². The molecule has 0 amide bonds. The fourth-order valence-electron chi connectivity index (χ4n) is 2.56. The lowest BCUT2D eigenvalue weighted by molar-refractivity contribution is 0.431. The second kappa shape index (κ2) is 7.27. The molecular formula is C19H18N4OS. The number of anilines is 1. The predicted molar refractivity (Wildman–Crippen MR) is 106 cm³/mol. The van der Waals surface area contributed by atoms with E-state index in [9.17, 15) is 5.11 Å². The quantitative estimate of drug-likeness (QED) is 0.380. The first-order chi connectivity index (χ1) is 12.1. The van der Waals surface area contributed by atoms with Crippen molar-refractivity contribution < 1.29 is 5.11 Å². The average molecular weight is 350 g/mol. The second-order valence-electron chi connectivity index (χ2n) is 5.58. The molecule has 0 aliphatic carbocycles. The van der Waals surface area contributed by atoms with Crippen LogP contribution in [0.3, 0.4) is 0 Å². The molecule has 0 aliphatic rings. The first-order valence-corrected chi connectivity index (χ1v) is 8.21. The third-order valence-corrected chi connectivity index (χ3v) is 3.96. The first-order valence-electron chi connectivity index (χ1n) is 7.80. The molecule has 2 aromatic carbocycles. The number of azo groups is 1. The lowest BCUT2D eigenvalue weighted by Crippen LogP contribution is -2.04. The molecule has 3 aromatic rings. The van der Waals surface area contributed by atoms with Gasteiger partial charge in [0.15, 0.2) is 5.69 Å². The third-order valence-electron chi connectivity index (χ3n) is 3.77. The zero-order valence-corrected chi connectivity index (χ0v) is 14.6. The highest BCUT2D eigenvalue weighted by Gasteiger charge is 2.15. The van der Waals surface area contributed by atoms with Crippen LogP contribution in [0.4, 0.5) is 11.4 Å². The number of aromatic nitrogens is 1. The van der Waals surface area contributed by atoms with Gasteiger partial charge in [0.1, 0.15) is 0 Å². The van der Waals surface area contributed by atoms with Crippen LogP contribution in [0.15, 0.2) is 71.4 Å². The highest BCUT2D eigenvalue weighted by atomic mass is 32.1. The number of hydrogen-bond acceptors (Lipinski definition) is 3. The Bertz CT molecular complexity index is 957. The molecule has 0 bridgehead atoms. The van der Waals surface area contributed by atoms with Crippen molar-refractivity contribution in [1.29, 1.82) is 0 Å². The molecule has 0 spiro atoms. The van der Waals surface area contributed by atoms with Crippen molar-refractivity contribution in [2.75, 3.05) is 5.32 Å². The van der Waals surface area contributed by atoms with E-state index in [1.165, 1.54) is 0 Å². The van der Waals surface area contributed by atoms with Gasteiger partial charge < -0.3 is 15.0 Å². The monoisotopic (exact) mass is 350 g/mol. The van der Waals surface area contributed by atoms with Crippen molar-refractivity contribution in [3.8, 4) is 5.88 Å². The van der Waals surface area contributed by atoms with Crippen LogP contribution in [0.5, 0.6) is 5.88 Å². The number of para-hydroxylation sites is 1. The van der Waals surface area contributed by atoms with Crippen molar-refractivity contribution in [2.45, 2.75) is 13.5 Å². The van der Waals surface area contributed by atoms with Gasteiger partial charge in [-0.1, -0.05) is 42.0 Å². The molecule has 0 fully saturated rings. The number of benzene rings is 2. The fraction of sp³-hybridized carbons (Fsp3) is 0.105. The maximum absolute atomic E-state index is 10.5. The molecular weight excluding hydrogens is 332 g/mol. The summed E-state index contributed by atoms with van der Waals surface area (Å²) in [5.74, 6) is 0.0444. The molecule has 0 radical (unpaired) electrons. The molecule has 0 unspecified atom stereocenters. The Kier molecular flexibility index (Phi) is 4.90. The lowest BCUT2D eigenvalue weighted by atomic mass is 10.2. The van der Waals surface area contributed by atoms with Crippen LogP contribution < -0.4 is 5.32 Å². The summed E-state index contributed by atoms with van der Waals surface area (Å²) in [6.45, 7) is 6.22. The van der Waals surface area contributed by atoms with E-state index in [1.807, 2.05) is 55.5 Å². The van der Waals surface area contributed by atoms with Crippen molar-refractivity contribution in [3.63, 3.8) is 0 Å². The van der Waals surface area contributed by atoms with Gasteiger partial charge in [-0.05, 0) is 37.3 Å². The van der Waals surface area contributed by atoms with E-state index in [4.69, 9.17) is 12.2 Å². The lowest BCUT2D eigenvalue weighted by Gasteiger charge is -2.03. The summed E-state index contributed by atoms with van der Waals surface area (Å²) < 4.78 is 1.73. The molecule has 2 N–H and O–H groups in total. The number of rotatable bonds is 4. The Morgan fingerprint density at radius 2 is 1.96 bits per heavy atom. The minimum Gasteiger partial charge on any atom is -0.493 e. The Morgan fingerprint density at radius 3 is 2.68 bits per heavy atom. The molecule has 25 heavy (non-hydrogen) atoms. The van der Waals surface area contributed by atoms with Crippen molar-refractivity contribution in [2.24, 2.45) is 10.2 Å². The number of nitrogens with one attached hydrogen (secondary N) is 1. The summed E-state index contributed by atoms with van der Waals surface area (Å²) in [5.41, 5.74) is 3.27. The standard InChI is InChI=1S/C19H18N4OS/c1-3-12-23-16-7-5-4-6-15(16)17(18(23)24)21-22-19(25)20-14-10-8-13(2)9-11-14/h3-11,24H,1,12H2,2H3,(H,20,25). The number of aromatic hydroxyl groups is 1. The molecule has 0 saturated heterocycles. The van der Waals surface area contributed by atoms with Crippen molar-refractivity contribution in [3.05, 3.63) is 66.7 Å². The van der Waals surface area contributed by atoms with Gasteiger partial charge in [0.25, 0.3) is 0 Å². The Labute approximate surface area is 151 Å². The van der Waals surface area contributed by atoms with Gasteiger partial charge >= 0.3 is 0 Å². The molecule has 0 aliphatic heterocycles. The van der Waals surface area contributed by atoms with Crippen molar-refractivity contribution in [1.82, 2.24) is 4.57 Å². The minimum absolute atomic E-state index is 0.0444. The third kappa shape index (κ3) is 3.59. The first kappa shape index (κ1) is 16.9. The Morgan fingerprint density at radius 1 is 1.24 bits per heavy atom. The normalized spacial score (nSPS) is 11.1. The maximum atomic E-state index is 10.5. The van der Waals surface area contributed by atoms with Crippen LogP contribution in [0.2, 0.25) is 0 Å². The molecule has 1 heterocycles. The van der Waals surface area contributed by atoms with E-state index in [-0.39, 0.29) is 11.0 Å². The minimum atomic E-state index is 0.0444. The summed E-state index contributed by atoms with van der Waals surface area (Å²) in [4.78, 5) is 0. The number of hydrogen-bond donors (Lipinski definition) is 2. The molecule has 1 aromatic heterocycles. The molecule has 3 rings (SSSR count). The van der Waals surface area contributed by atoms with E-state index in [0.29, 0.717) is 12.2 Å². The van der Waals surface area contributed by atoms with Gasteiger partial charge in [0, 0.05) is 17.6 Å². The summed E-state index contributed by atoms with van der Waals surface area (Å²) in [7, 11) is 0. The van der Waals surface area contributed by atoms with Crippen LogP contribution in [-0.4, -0.2) is 14.8 Å². The maximum Gasteiger partial charge on any atom is 0.221 e. The van der Waals surface area contributed by atoms with Crippen LogP contribution >= 0.6 is 12.2 Å². The number of allylic oxidation sites excluding steroid dienone is 1. The highest BCUT2D eigenvalue weighted by Crippen LogP contribution is 2.38. The Balaban J connectivity index is 1.88. The molecule has 0 atom stereocenters. The summed E-state index contributed by atoms with van der Waals surface area (Å²) in [6.07, 6.45) is 1.72. The van der Waals surface area contributed by atoms with E-state index in [1.54, 1.807) is 10.6 Å². The van der Waals surface area contributed by atoms with Crippen LogP contribution in [0.1, 0.15) is 5.56 Å². The van der Waals surface area contributed by atoms with E-state index in [0.717, 1.165) is 22.2 Å². The van der Waals surface area contributed by atoms with E-state index >= 15 is 0 Å². The van der Waals surface area contributed by atoms with Gasteiger partial charge in [-0.15, -0.1) is 16.8 Å². The summed E-state index contributed by atoms with van der Waals surface area (Å²) in [5, 5.41) is 22.7. The number of nitrogens with zero attached hydrogens (tertiary/aromatic N) is 3. The molecule has 6 heteroatoms. The van der Waals surface area contributed by atoms with Gasteiger partial charge in [0.2, 0.25) is 11.0 Å². The second-order valence-corrected chi connectivity index (χ2v) is 5.97. The van der Waals surface area contributed by atoms with Crippen LogP contribution in [0.25, 0.3) is 10.9 Å². The number of thiocarbonyl (C=S) groups is 1. The van der Waals surface area contributed by atoms with Crippen LogP contribution in [0, 0.1) is 6.92 Å². The largest absolute Gasteiger partial charge is 0.493 e. The number of fused-ring (bicyclic) bond motifs is 1. The van der Waals surface area contributed by atoms with Gasteiger partial charge in [-0.2, -0.15) is 0 Å². The molecule has 0 saturated carbocycles. The zero-order chi connectivity index (χ0) is 17.8. The number of aryl methyl sites for hydroxylation is 1. The van der Waals surface area contributed by atoms with Crippen LogP contribution in [-0.2, 0) is 6.54 Å². The van der Waals surface area contributed by atoms with Gasteiger partial charge in [0.05, 0.1) is 5.52 Å². The van der Waals surface area contributed by atoms with E-state index < -0.39 is 0 Å². The smallest absolute Gasteiger partial charge is 0.221 e. The average Bonchev–Trinajstić information content (AvgIpc) is 2.88. The topological polar surface area (TPSA) is 61.9 Å².